The third-order valence-corrected chi connectivity index (χ3v) is 5.02. The quantitative estimate of drug-likeness (QED) is 0.833. The van der Waals surface area contributed by atoms with Crippen LogP contribution in [-0.2, 0) is 10.0 Å². The Balaban J connectivity index is 2.41. The zero-order valence-corrected chi connectivity index (χ0v) is 12.9. The van der Waals surface area contributed by atoms with Crippen molar-refractivity contribution in [3.63, 3.8) is 0 Å². The molecule has 4 nitrogen and oxygen atoms in total. The van der Waals surface area contributed by atoms with Gasteiger partial charge in [0, 0.05) is 11.9 Å². The first-order valence-electron chi connectivity index (χ1n) is 6.01. The zero-order chi connectivity index (χ0) is 14.6. The number of anilines is 2. The summed E-state index contributed by atoms with van der Waals surface area (Å²) in [5, 5.41) is 2.89. The highest BCUT2D eigenvalue weighted by atomic mass is 32.2. The van der Waals surface area contributed by atoms with Crippen molar-refractivity contribution in [3.8, 4) is 0 Å². The van der Waals surface area contributed by atoms with Gasteiger partial charge in [-0.05, 0) is 30.5 Å². The Bertz CT molecular complexity index is 700. The van der Waals surface area contributed by atoms with Crippen LogP contribution < -0.4 is 10.0 Å². The molecule has 0 atom stereocenters. The molecule has 6 heteroatoms. The molecule has 0 bridgehead atoms. The normalized spacial score (nSPS) is 11.1. The van der Waals surface area contributed by atoms with Crippen molar-refractivity contribution in [1.82, 2.24) is 0 Å². The number of rotatable bonds is 5. The van der Waals surface area contributed by atoms with Gasteiger partial charge in [0.15, 0.2) is 0 Å². The van der Waals surface area contributed by atoms with Crippen LogP contribution in [0.15, 0.2) is 58.3 Å². The molecule has 0 saturated heterocycles. The van der Waals surface area contributed by atoms with Gasteiger partial charge < -0.3 is 5.32 Å². The molecule has 0 aliphatic carbocycles. The molecule has 0 aromatic heterocycles. The highest BCUT2D eigenvalue weighted by Gasteiger charge is 2.18. The Kier molecular flexibility index (Phi) is 4.57. The van der Waals surface area contributed by atoms with E-state index < -0.39 is 10.0 Å². The van der Waals surface area contributed by atoms with E-state index in [4.69, 9.17) is 0 Å². The van der Waals surface area contributed by atoms with E-state index in [1.165, 1.54) is 11.8 Å². The lowest BCUT2D eigenvalue weighted by Gasteiger charge is -2.13. The van der Waals surface area contributed by atoms with Gasteiger partial charge in [0.2, 0.25) is 0 Å². The van der Waals surface area contributed by atoms with Crippen LogP contribution in [0.2, 0.25) is 0 Å². The van der Waals surface area contributed by atoms with E-state index in [2.05, 4.69) is 10.0 Å². The minimum absolute atomic E-state index is 0.235. The molecular weight excluding hydrogens is 292 g/mol. The van der Waals surface area contributed by atoms with E-state index in [1.807, 2.05) is 24.5 Å². The van der Waals surface area contributed by atoms with Crippen molar-refractivity contribution in [2.75, 3.05) is 23.3 Å². The number of hydrogen-bond acceptors (Lipinski definition) is 4. The molecule has 2 N–H and O–H groups in total. The summed E-state index contributed by atoms with van der Waals surface area (Å²) in [6, 6.07) is 14.1. The van der Waals surface area contributed by atoms with Gasteiger partial charge in [-0.3, -0.25) is 4.72 Å². The topological polar surface area (TPSA) is 58.2 Å². The standard InChI is InChI=1S/C14H16N2O2S2/c1-15-12-8-4-6-10-14(12)20(17,18)16-11-7-3-5-9-13(11)19-2/h3-10,15-16H,1-2H3. The highest BCUT2D eigenvalue weighted by molar-refractivity contribution is 7.99. The Morgan fingerprint density at radius 2 is 1.55 bits per heavy atom. The maximum Gasteiger partial charge on any atom is 0.263 e. The van der Waals surface area contributed by atoms with Gasteiger partial charge in [0.1, 0.15) is 4.90 Å². The fraction of sp³-hybridized carbons (Fsp3) is 0.143. The van der Waals surface area contributed by atoms with E-state index in [9.17, 15) is 8.42 Å². The summed E-state index contributed by atoms with van der Waals surface area (Å²) in [4.78, 5) is 1.12. The van der Waals surface area contributed by atoms with Crippen LogP contribution in [0.25, 0.3) is 0 Å². The molecule has 20 heavy (non-hydrogen) atoms. The number of hydrogen-bond donors (Lipinski definition) is 2. The molecule has 2 aromatic carbocycles. The van der Waals surface area contributed by atoms with Crippen molar-refractivity contribution < 1.29 is 8.42 Å². The molecule has 0 spiro atoms. The second-order valence-corrected chi connectivity index (χ2v) is 6.55. The van der Waals surface area contributed by atoms with Crippen LogP contribution in [0.5, 0.6) is 0 Å². The van der Waals surface area contributed by atoms with E-state index in [-0.39, 0.29) is 4.90 Å². The average Bonchev–Trinajstić information content (AvgIpc) is 2.47. The number of thioether (sulfide) groups is 1. The molecule has 0 heterocycles. The van der Waals surface area contributed by atoms with Gasteiger partial charge in [-0.2, -0.15) is 0 Å². The van der Waals surface area contributed by atoms with E-state index >= 15 is 0 Å². The van der Waals surface area contributed by atoms with Gasteiger partial charge in [0.25, 0.3) is 10.0 Å². The first kappa shape index (κ1) is 14.7. The Morgan fingerprint density at radius 1 is 0.950 bits per heavy atom. The van der Waals surface area contributed by atoms with E-state index in [0.29, 0.717) is 11.4 Å². The van der Waals surface area contributed by atoms with Gasteiger partial charge in [-0.1, -0.05) is 24.3 Å². The molecule has 2 aromatic rings. The smallest absolute Gasteiger partial charge is 0.263 e. The summed E-state index contributed by atoms with van der Waals surface area (Å²) in [5.74, 6) is 0. The largest absolute Gasteiger partial charge is 0.387 e. The van der Waals surface area contributed by atoms with Gasteiger partial charge in [-0.15, -0.1) is 11.8 Å². The van der Waals surface area contributed by atoms with Gasteiger partial charge in [-0.25, -0.2) is 8.42 Å². The number of sulfonamides is 1. The lowest BCUT2D eigenvalue weighted by atomic mass is 10.3. The second-order valence-electron chi connectivity index (χ2n) is 4.05. The van der Waals surface area contributed by atoms with Gasteiger partial charge >= 0.3 is 0 Å². The molecule has 0 unspecified atom stereocenters. The molecule has 0 radical (unpaired) electrons. The van der Waals surface area contributed by atoms with Crippen molar-refractivity contribution >= 4 is 33.2 Å². The van der Waals surface area contributed by atoms with Gasteiger partial charge in [0.05, 0.1) is 11.4 Å². The van der Waals surface area contributed by atoms with E-state index in [1.54, 1.807) is 37.4 Å². The van der Waals surface area contributed by atoms with Crippen LogP contribution >= 0.6 is 11.8 Å². The summed E-state index contributed by atoms with van der Waals surface area (Å²) in [6.45, 7) is 0. The minimum atomic E-state index is -3.61. The van der Waals surface area contributed by atoms with Crippen LogP contribution in [0.3, 0.4) is 0 Å². The maximum atomic E-state index is 12.5. The predicted octanol–water partition coefficient (Wildman–Crippen LogP) is 3.25. The maximum absolute atomic E-state index is 12.5. The van der Waals surface area contributed by atoms with Crippen LogP contribution in [0.4, 0.5) is 11.4 Å². The molecule has 106 valence electrons. The lowest BCUT2D eigenvalue weighted by molar-refractivity contribution is 0.601. The van der Waals surface area contributed by atoms with Crippen LogP contribution in [0, 0.1) is 0 Å². The minimum Gasteiger partial charge on any atom is -0.387 e. The first-order chi connectivity index (χ1) is 9.58. The molecule has 0 fully saturated rings. The number of para-hydroxylation sites is 2. The summed E-state index contributed by atoms with van der Waals surface area (Å²) < 4.78 is 27.6. The summed E-state index contributed by atoms with van der Waals surface area (Å²) in [5.41, 5.74) is 1.16. The Labute approximate surface area is 123 Å². The molecule has 0 aliphatic heterocycles. The predicted molar refractivity (Wildman–Crippen MR) is 85.0 cm³/mol. The van der Waals surface area contributed by atoms with Crippen molar-refractivity contribution in [1.29, 1.82) is 0 Å². The number of benzene rings is 2. The second kappa shape index (κ2) is 6.19. The third-order valence-electron chi connectivity index (χ3n) is 2.80. The summed E-state index contributed by atoms with van der Waals surface area (Å²) in [7, 11) is -1.92. The number of nitrogens with one attached hydrogen (secondary N) is 2. The fourth-order valence-corrected chi connectivity index (χ4v) is 3.75. The monoisotopic (exact) mass is 308 g/mol. The van der Waals surface area contributed by atoms with Crippen LogP contribution in [0.1, 0.15) is 0 Å². The highest BCUT2D eigenvalue weighted by Crippen LogP contribution is 2.28. The van der Waals surface area contributed by atoms with Crippen molar-refractivity contribution in [3.05, 3.63) is 48.5 Å². The lowest BCUT2D eigenvalue weighted by Crippen LogP contribution is -2.15. The molecule has 2 rings (SSSR count). The first-order valence-corrected chi connectivity index (χ1v) is 8.72. The molecular formula is C14H16N2O2S2. The van der Waals surface area contributed by atoms with Crippen molar-refractivity contribution in [2.45, 2.75) is 9.79 Å². The SMILES string of the molecule is CNc1ccccc1S(=O)(=O)Nc1ccccc1SC. The molecule has 0 amide bonds. The third kappa shape index (κ3) is 3.08. The van der Waals surface area contributed by atoms with Crippen molar-refractivity contribution in [2.24, 2.45) is 0 Å². The molecule has 0 saturated carbocycles. The fourth-order valence-electron chi connectivity index (χ4n) is 1.84. The van der Waals surface area contributed by atoms with Crippen LogP contribution in [-0.4, -0.2) is 21.7 Å². The average molecular weight is 308 g/mol. The Morgan fingerprint density at radius 3 is 2.20 bits per heavy atom. The van der Waals surface area contributed by atoms with E-state index in [0.717, 1.165) is 4.90 Å². The summed E-state index contributed by atoms with van der Waals surface area (Å²) >= 11 is 1.50. The zero-order valence-electron chi connectivity index (χ0n) is 11.3. The molecule has 0 aliphatic rings. The summed E-state index contributed by atoms with van der Waals surface area (Å²) in [6.07, 6.45) is 1.91. The Hall–Kier alpha value is -1.66.